The van der Waals surface area contributed by atoms with Crippen molar-refractivity contribution in [3.63, 3.8) is 0 Å². The maximum atomic E-state index is 13.8. The molecule has 6 atom stereocenters. The number of aliphatic hydroxyl groups excluding tert-OH is 1. The largest absolute Gasteiger partial charge is 0.508 e. The van der Waals surface area contributed by atoms with Gasteiger partial charge in [0.2, 0.25) is 41.4 Å². The molecule has 23 nitrogen and oxygen atoms in total. The van der Waals surface area contributed by atoms with E-state index in [0.29, 0.717) is 11.3 Å². The molecule has 0 aliphatic heterocycles. The highest BCUT2D eigenvalue weighted by Gasteiger charge is 2.33. The van der Waals surface area contributed by atoms with Gasteiger partial charge in [0.1, 0.15) is 47.8 Å². The smallest absolute Gasteiger partial charge is 0.303 e. The number of carbonyl (C=O) groups is 10. The third kappa shape index (κ3) is 19.7. The third-order valence-electron chi connectivity index (χ3n) is 9.57. The van der Waals surface area contributed by atoms with E-state index < -0.39 is 128 Å². The molecular weight excluding hydrogens is 857 g/mol. The Balaban J connectivity index is 2.18. The fourth-order valence-electron chi connectivity index (χ4n) is 5.97. The Morgan fingerprint density at radius 2 is 1.11 bits per heavy atom. The summed E-state index contributed by atoms with van der Waals surface area (Å²) in [6.45, 7) is 3.03. The van der Waals surface area contributed by atoms with Gasteiger partial charge in [-0.3, -0.25) is 47.9 Å². The highest BCUT2D eigenvalue weighted by Crippen LogP contribution is 2.14. The van der Waals surface area contributed by atoms with Crippen LogP contribution in [0, 0.1) is 5.92 Å². The van der Waals surface area contributed by atoms with Crippen LogP contribution in [0.3, 0.4) is 0 Å². The van der Waals surface area contributed by atoms with Crippen LogP contribution in [0.2, 0.25) is 0 Å². The number of aryl methyl sites for hydroxylation is 1. The summed E-state index contributed by atoms with van der Waals surface area (Å²) in [7, 11) is 1.45. The predicted octanol–water partition coefficient (Wildman–Crippen LogP) is -2.05. The van der Waals surface area contributed by atoms with Crippen LogP contribution in [0.4, 0.5) is 0 Å². The molecule has 0 unspecified atom stereocenters. The summed E-state index contributed by atoms with van der Waals surface area (Å²) in [5.41, 5.74) is 6.26. The van der Waals surface area contributed by atoms with Gasteiger partial charge in [-0.1, -0.05) is 26.0 Å². The van der Waals surface area contributed by atoms with Crippen LogP contribution in [0.1, 0.15) is 75.2 Å². The molecular formula is C42H58N8O15. The Kier molecular flexibility index (Phi) is 22.4. The first-order chi connectivity index (χ1) is 30.6. The fraction of sp³-hybridized carbons (Fsp3) is 0.476. The average molecular weight is 915 g/mol. The van der Waals surface area contributed by atoms with Gasteiger partial charge in [0.05, 0.1) is 20.3 Å². The molecule has 2 aromatic rings. The van der Waals surface area contributed by atoms with E-state index in [0.717, 1.165) is 0 Å². The second-order valence-corrected chi connectivity index (χ2v) is 15.3. The summed E-state index contributed by atoms with van der Waals surface area (Å²) < 4.78 is 5.05. The van der Waals surface area contributed by atoms with Crippen LogP contribution in [0.25, 0.3) is 0 Å². The van der Waals surface area contributed by atoms with Gasteiger partial charge in [-0.05, 0) is 86.9 Å². The molecule has 0 fully saturated rings. The van der Waals surface area contributed by atoms with Crippen LogP contribution in [-0.2, 0) is 49.6 Å². The molecule has 0 spiro atoms. The van der Waals surface area contributed by atoms with Gasteiger partial charge in [0.25, 0.3) is 5.91 Å². The number of rotatable bonds is 28. The number of primary amides is 1. The van der Waals surface area contributed by atoms with Crippen molar-refractivity contribution in [2.45, 2.75) is 102 Å². The lowest BCUT2D eigenvalue weighted by atomic mass is 10.00. The molecule has 0 bridgehead atoms. The zero-order chi connectivity index (χ0) is 48.8. The number of carbonyl (C=O) groups excluding carboxylic acids is 8. The standard InChI is InChI=1S/C42H58N8O15/c1-22(2)19-31(41(63)48-30(14-7-24-5-10-26(52)11-6-24)40(62)47-28(36(43)58)15-17-34(54)55)49-42(64)32(21-51)50-39(61)29(16-18-35(56)57)46-33(53)20-44-37(59)23(3)45-38(60)25-8-12-27(65-4)13-9-25/h5-6,8-13,22-23,28-32,51-52H,7,14-21H2,1-4H3,(H2,43,58)(H,44,59)(H,45,60)(H,46,53)(H,47,62)(H,48,63)(H,49,64)(H,50,61)(H,54,55)(H,56,57)/t23-,28-,29-,30-,31-,32-/m0/s1. The molecule has 0 saturated carbocycles. The summed E-state index contributed by atoms with van der Waals surface area (Å²) in [5.74, 6) is -9.73. The predicted molar refractivity (Wildman–Crippen MR) is 228 cm³/mol. The summed E-state index contributed by atoms with van der Waals surface area (Å²) in [6.07, 6.45) is -1.95. The maximum absolute atomic E-state index is 13.8. The number of phenols is 1. The van der Waals surface area contributed by atoms with Crippen LogP contribution in [0.15, 0.2) is 48.5 Å². The quantitative estimate of drug-likeness (QED) is 0.0437. The van der Waals surface area contributed by atoms with E-state index in [9.17, 15) is 63.3 Å². The van der Waals surface area contributed by atoms with Gasteiger partial charge >= 0.3 is 11.9 Å². The highest BCUT2D eigenvalue weighted by molar-refractivity contribution is 5.99. The van der Waals surface area contributed by atoms with E-state index >= 15 is 0 Å². The van der Waals surface area contributed by atoms with Gasteiger partial charge in [0, 0.05) is 18.4 Å². The van der Waals surface area contributed by atoms with E-state index in [-0.39, 0.29) is 42.9 Å². The lowest BCUT2D eigenvalue weighted by Gasteiger charge is -2.27. The number of aliphatic carboxylic acids is 2. The number of benzene rings is 2. The Morgan fingerprint density at radius 1 is 0.615 bits per heavy atom. The number of amides is 8. The molecule has 0 aromatic heterocycles. The number of aliphatic hydroxyl groups is 1. The minimum Gasteiger partial charge on any atom is -0.508 e. The molecule has 2 aromatic carbocycles. The van der Waals surface area contributed by atoms with Crippen LogP contribution >= 0.6 is 0 Å². The number of carboxylic acids is 2. The number of nitrogens with one attached hydrogen (secondary N) is 7. The fourth-order valence-corrected chi connectivity index (χ4v) is 5.97. The first-order valence-corrected chi connectivity index (χ1v) is 20.5. The van der Waals surface area contributed by atoms with Crippen molar-refractivity contribution >= 4 is 59.2 Å². The maximum Gasteiger partial charge on any atom is 0.303 e. The first-order valence-electron chi connectivity index (χ1n) is 20.5. The number of ether oxygens (including phenoxy) is 1. The van der Waals surface area contributed by atoms with E-state index in [1.807, 2.05) is 0 Å². The van der Waals surface area contributed by atoms with Gasteiger partial charge in [-0.15, -0.1) is 0 Å². The van der Waals surface area contributed by atoms with Crippen LogP contribution in [0.5, 0.6) is 11.5 Å². The number of hydrogen-bond acceptors (Lipinski definition) is 13. The summed E-state index contributed by atoms with van der Waals surface area (Å²) in [6, 6.07) is 3.32. The SMILES string of the molecule is COc1ccc(C(=O)N[C@@H](C)C(=O)NCC(=O)N[C@@H](CCC(=O)O)C(=O)N[C@@H](CO)C(=O)N[C@@H](CC(C)C)C(=O)N[C@@H](CCc2ccc(O)cc2)C(=O)N[C@@H](CCC(=O)O)C(N)=O)cc1. The zero-order valence-electron chi connectivity index (χ0n) is 36.4. The molecule has 23 heteroatoms. The Labute approximate surface area is 374 Å². The van der Waals surface area contributed by atoms with E-state index in [2.05, 4.69) is 37.2 Å². The van der Waals surface area contributed by atoms with Crippen molar-refractivity contribution < 1.29 is 73.1 Å². The molecule has 8 amide bonds. The highest BCUT2D eigenvalue weighted by atomic mass is 16.5. The van der Waals surface area contributed by atoms with E-state index in [4.69, 9.17) is 15.6 Å². The number of methoxy groups -OCH3 is 1. The van der Waals surface area contributed by atoms with E-state index in [1.165, 1.54) is 38.3 Å². The van der Waals surface area contributed by atoms with Crippen molar-refractivity contribution in [3.05, 3.63) is 59.7 Å². The van der Waals surface area contributed by atoms with Crippen molar-refractivity contribution in [2.24, 2.45) is 11.7 Å². The number of aromatic hydroxyl groups is 1. The van der Waals surface area contributed by atoms with Crippen molar-refractivity contribution in [1.82, 2.24) is 37.2 Å². The van der Waals surface area contributed by atoms with Crippen molar-refractivity contribution in [2.75, 3.05) is 20.3 Å². The summed E-state index contributed by atoms with van der Waals surface area (Å²) in [5, 5.41) is 54.8. The Hall–Kier alpha value is -7.30. The summed E-state index contributed by atoms with van der Waals surface area (Å²) in [4.78, 5) is 127. The second-order valence-electron chi connectivity index (χ2n) is 15.3. The van der Waals surface area contributed by atoms with Crippen molar-refractivity contribution in [3.8, 4) is 11.5 Å². The Bertz CT molecular complexity index is 2000. The topological polar surface area (TPSA) is 371 Å². The van der Waals surface area contributed by atoms with Gasteiger partial charge in [0.15, 0.2) is 0 Å². The zero-order valence-corrected chi connectivity index (χ0v) is 36.4. The molecule has 2 rings (SSSR count). The summed E-state index contributed by atoms with van der Waals surface area (Å²) >= 11 is 0. The van der Waals surface area contributed by atoms with Gasteiger partial charge in [-0.2, -0.15) is 0 Å². The first kappa shape index (κ1) is 53.8. The molecule has 0 heterocycles. The lowest BCUT2D eigenvalue weighted by molar-refractivity contribution is -0.139. The molecule has 0 radical (unpaired) electrons. The minimum atomic E-state index is -1.76. The van der Waals surface area contributed by atoms with Crippen molar-refractivity contribution in [1.29, 1.82) is 0 Å². The monoisotopic (exact) mass is 914 g/mol. The van der Waals surface area contributed by atoms with Crippen LogP contribution < -0.4 is 47.7 Å². The molecule has 13 N–H and O–H groups in total. The Morgan fingerprint density at radius 3 is 1.63 bits per heavy atom. The molecule has 0 saturated heterocycles. The molecule has 65 heavy (non-hydrogen) atoms. The van der Waals surface area contributed by atoms with E-state index in [1.54, 1.807) is 38.1 Å². The van der Waals surface area contributed by atoms with Gasteiger partial charge in [-0.25, -0.2) is 0 Å². The number of nitrogens with two attached hydrogens (primary N) is 1. The number of carboxylic acid groups (broad SMARTS) is 2. The van der Waals surface area contributed by atoms with Crippen LogP contribution in [-0.4, -0.2) is 136 Å². The minimum absolute atomic E-state index is 0.0219. The number of phenolic OH excluding ortho intramolecular Hbond substituents is 1. The average Bonchev–Trinajstić information content (AvgIpc) is 3.25. The number of hydrogen-bond donors (Lipinski definition) is 12. The lowest BCUT2D eigenvalue weighted by Crippen LogP contribution is -2.60. The second kappa shape index (κ2) is 27.0. The molecule has 0 aliphatic rings. The molecule has 0 aliphatic carbocycles. The third-order valence-corrected chi connectivity index (χ3v) is 9.57. The molecule has 356 valence electrons. The van der Waals surface area contributed by atoms with Gasteiger partial charge < -0.3 is 68.1 Å². The normalized spacial score (nSPS) is 13.6.